The monoisotopic (exact) mass is 280 g/mol. The van der Waals surface area contributed by atoms with Crippen LogP contribution in [0.3, 0.4) is 0 Å². The van der Waals surface area contributed by atoms with E-state index >= 15 is 0 Å². The quantitative estimate of drug-likeness (QED) is 0.812. The highest BCUT2D eigenvalue weighted by atomic mass is 32.2. The third-order valence-corrected chi connectivity index (χ3v) is 4.53. The van der Waals surface area contributed by atoms with Gasteiger partial charge in [0.25, 0.3) is 0 Å². The molecule has 1 atom stereocenters. The van der Waals surface area contributed by atoms with Gasteiger partial charge >= 0.3 is 0 Å². The molecule has 1 saturated heterocycles. The van der Waals surface area contributed by atoms with Gasteiger partial charge in [-0.15, -0.1) is 0 Å². The van der Waals surface area contributed by atoms with Crippen molar-refractivity contribution in [1.82, 2.24) is 4.90 Å². The molecule has 1 aromatic rings. The van der Waals surface area contributed by atoms with Gasteiger partial charge in [0.05, 0.1) is 6.61 Å². The van der Waals surface area contributed by atoms with E-state index < -0.39 is 0 Å². The molecule has 2 N–H and O–H groups in total. The predicted octanol–water partition coefficient (Wildman–Crippen LogP) is 2.35. The van der Waals surface area contributed by atoms with E-state index in [2.05, 4.69) is 23.6 Å². The number of para-hydroxylation sites is 1. The number of thioether (sulfide) groups is 1. The lowest BCUT2D eigenvalue weighted by molar-refractivity contribution is 0.240. The van der Waals surface area contributed by atoms with Crippen LogP contribution >= 0.6 is 11.8 Å². The molecular formula is C15H24N2OS. The van der Waals surface area contributed by atoms with Crippen LogP contribution in [0.15, 0.2) is 24.3 Å². The summed E-state index contributed by atoms with van der Waals surface area (Å²) in [4.78, 5) is 2.54. The third kappa shape index (κ3) is 4.71. The van der Waals surface area contributed by atoms with Crippen molar-refractivity contribution in [3.8, 4) is 5.75 Å². The van der Waals surface area contributed by atoms with Gasteiger partial charge in [-0.25, -0.2) is 0 Å². The average molecular weight is 280 g/mol. The molecule has 2 rings (SSSR count). The first kappa shape index (κ1) is 14.7. The van der Waals surface area contributed by atoms with Crippen molar-refractivity contribution in [2.75, 3.05) is 32.0 Å². The number of benzene rings is 1. The maximum atomic E-state index is 5.83. The van der Waals surface area contributed by atoms with Gasteiger partial charge in [-0.1, -0.05) is 25.1 Å². The third-order valence-electron chi connectivity index (χ3n) is 3.39. The number of hydrogen-bond donors (Lipinski definition) is 1. The number of hydrogen-bond acceptors (Lipinski definition) is 4. The van der Waals surface area contributed by atoms with Crippen LogP contribution in [0.1, 0.15) is 18.9 Å². The van der Waals surface area contributed by atoms with Crippen molar-refractivity contribution in [2.24, 2.45) is 5.73 Å². The predicted molar refractivity (Wildman–Crippen MR) is 82.8 cm³/mol. The Hall–Kier alpha value is -0.710. The highest BCUT2D eigenvalue weighted by molar-refractivity contribution is 7.99. The van der Waals surface area contributed by atoms with E-state index in [0.29, 0.717) is 6.54 Å². The fourth-order valence-corrected chi connectivity index (χ4v) is 3.46. The number of nitrogens with zero attached hydrogens (tertiary/aromatic N) is 1. The standard InChI is InChI=1S/C15H24N2OS/c1-13-12-17(8-10-19-13)7-4-9-18-15-6-3-2-5-14(15)11-16/h2-3,5-6,13H,4,7-12,16H2,1H3. The van der Waals surface area contributed by atoms with Crippen molar-refractivity contribution in [3.05, 3.63) is 29.8 Å². The van der Waals surface area contributed by atoms with Gasteiger partial charge in [-0.2, -0.15) is 11.8 Å². The van der Waals surface area contributed by atoms with E-state index in [0.717, 1.165) is 36.1 Å². The molecule has 0 saturated carbocycles. The molecule has 1 aromatic carbocycles. The lowest BCUT2D eigenvalue weighted by atomic mass is 10.2. The first-order chi connectivity index (χ1) is 9.29. The maximum Gasteiger partial charge on any atom is 0.123 e. The molecule has 1 unspecified atom stereocenters. The van der Waals surface area contributed by atoms with Crippen LogP contribution in [0.25, 0.3) is 0 Å². The van der Waals surface area contributed by atoms with E-state index in [-0.39, 0.29) is 0 Å². The summed E-state index contributed by atoms with van der Waals surface area (Å²) in [7, 11) is 0. The summed E-state index contributed by atoms with van der Waals surface area (Å²) in [5, 5.41) is 0.771. The second-order valence-corrected chi connectivity index (χ2v) is 6.54. The molecule has 4 heteroatoms. The smallest absolute Gasteiger partial charge is 0.123 e. The van der Waals surface area contributed by atoms with Crippen LogP contribution in [-0.4, -0.2) is 42.1 Å². The molecule has 0 bridgehead atoms. The van der Waals surface area contributed by atoms with E-state index in [4.69, 9.17) is 10.5 Å². The largest absolute Gasteiger partial charge is 0.493 e. The van der Waals surface area contributed by atoms with Crippen LogP contribution in [0, 0.1) is 0 Å². The topological polar surface area (TPSA) is 38.5 Å². The summed E-state index contributed by atoms with van der Waals surface area (Å²) in [5.41, 5.74) is 6.78. The Kier molecular flexibility index (Phi) is 6.01. The van der Waals surface area contributed by atoms with Crippen molar-refractivity contribution < 1.29 is 4.74 Å². The fraction of sp³-hybridized carbons (Fsp3) is 0.600. The lowest BCUT2D eigenvalue weighted by Gasteiger charge is -2.30. The van der Waals surface area contributed by atoms with Gasteiger partial charge < -0.3 is 15.4 Å². The van der Waals surface area contributed by atoms with Gasteiger partial charge in [0.1, 0.15) is 5.75 Å². The lowest BCUT2D eigenvalue weighted by Crippen LogP contribution is -2.37. The van der Waals surface area contributed by atoms with Gasteiger partial charge in [0.15, 0.2) is 0 Å². The summed E-state index contributed by atoms with van der Waals surface area (Å²) < 4.78 is 5.83. The van der Waals surface area contributed by atoms with Gasteiger partial charge in [-0.3, -0.25) is 0 Å². The minimum atomic E-state index is 0.539. The highest BCUT2D eigenvalue weighted by Crippen LogP contribution is 2.19. The Labute approximate surface area is 120 Å². The summed E-state index contributed by atoms with van der Waals surface area (Å²) in [5.74, 6) is 2.20. The van der Waals surface area contributed by atoms with Gasteiger partial charge in [-0.05, 0) is 12.5 Å². The Morgan fingerprint density at radius 1 is 1.42 bits per heavy atom. The number of ether oxygens (including phenoxy) is 1. The Balaban J connectivity index is 1.69. The Morgan fingerprint density at radius 2 is 2.26 bits per heavy atom. The molecule has 1 aliphatic rings. The second kappa shape index (κ2) is 7.78. The highest BCUT2D eigenvalue weighted by Gasteiger charge is 2.15. The summed E-state index contributed by atoms with van der Waals surface area (Å²) in [6.45, 7) is 7.19. The molecule has 0 radical (unpaired) electrons. The summed E-state index contributed by atoms with van der Waals surface area (Å²) in [6, 6.07) is 8.03. The van der Waals surface area contributed by atoms with Crippen molar-refractivity contribution in [3.63, 3.8) is 0 Å². The van der Waals surface area contributed by atoms with Crippen molar-refractivity contribution >= 4 is 11.8 Å². The average Bonchev–Trinajstić information content (AvgIpc) is 2.44. The molecule has 0 amide bonds. The molecule has 0 aromatic heterocycles. The Bertz CT molecular complexity index is 386. The van der Waals surface area contributed by atoms with Gasteiger partial charge in [0.2, 0.25) is 0 Å². The molecule has 0 spiro atoms. The van der Waals surface area contributed by atoms with E-state index in [1.165, 1.54) is 18.8 Å². The molecule has 1 aliphatic heterocycles. The molecule has 19 heavy (non-hydrogen) atoms. The zero-order valence-corrected chi connectivity index (χ0v) is 12.5. The molecule has 3 nitrogen and oxygen atoms in total. The normalized spacial score (nSPS) is 20.4. The first-order valence-electron chi connectivity index (χ1n) is 7.04. The summed E-state index contributed by atoms with van der Waals surface area (Å²) in [6.07, 6.45) is 1.08. The van der Waals surface area contributed by atoms with Crippen LogP contribution in [0.5, 0.6) is 5.75 Å². The minimum Gasteiger partial charge on any atom is -0.493 e. The molecule has 1 fully saturated rings. The van der Waals surface area contributed by atoms with Crippen molar-refractivity contribution in [1.29, 1.82) is 0 Å². The van der Waals surface area contributed by atoms with E-state index in [9.17, 15) is 0 Å². The van der Waals surface area contributed by atoms with Crippen LogP contribution in [0.2, 0.25) is 0 Å². The Morgan fingerprint density at radius 3 is 3.05 bits per heavy atom. The first-order valence-corrected chi connectivity index (χ1v) is 8.09. The zero-order valence-electron chi connectivity index (χ0n) is 11.7. The minimum absolute atomic E-state index is 0.539. The second-order valence-electron chi connectivity index (χ2n) is 5.00. The van der Waals surface area contributed by atoms with Crippen LogP contribution in [0.4, 0.5) is 0 Å². The number of nitrogens with two attached hydrogens (primary N) is 1. The maximum absolute atomic E-state index is 5.83. The van der Waals surface area contributed by atoms with Gasteiger partial charge in [0, 0.05) is 42.7 Å². The van der Waals surface area contributed by atoms with Crippen LogP contribution < -0.4 is 10.5 Å². The van der Waals surface area contributed by atoms with Crippen LogP contribution in [-0.2, 0) is 6.54 Å². The fourth-order valence-electron chi connectivity index (χ4n) is 2.38. The van der Waals surface area contributed by atoms with E-state index in [1.54, 1.807) is 0 Å². The summed E-state index contributed by atoms with van der Waals surface area (Å²) >= 11 is 2.08. The molecule has 106 valence electrons. The molecule has 1 heterocycles. The molecule has 0 aliphatic carbocycles. The molecular weight excluding hydrogens is 256 g/mol. The van der Waals surface area contributed by atoms with E-state index in [1.807, 2.05) is 24.3 Å². The number of rotatable bonds is 6. The van der Waals surface area contributed by atoms with Crippen molar-refractivity contribution in [2.45, 2.75) is 25.1 Å². The zero-order chi connectivity index (χ0) is 13.5. The SMILES string of the molecule is CC1CN(CCCOc2ccccc2CN)CCS1.